The Labute approximate surface area is 163 Å². The Morgan fingerprint density at radius 2 is 1.55 bits per heavy atom. The van der Waals surface area contributed by atoms with Crippen LogP contribution in [0.1, 0.15) is 22.8 Å². The molecule has 0 heterocycles. The first-order chi connectivity index (χ1) is 13.3. The van der Waals surface area contributed by atoms with E-state index in [-0.39, 0.29) is 22.6 Å². The highest BCUT2D eigenvalue weighted by Crippen LogP contribution is 2.33. The van der Waals surface area contributed by atoms with Crippen LogP contribution in [-0.4, -0.2) is 26.5 Å². The maximum absolute atomic E-state index is 13.4. The van der Waals surface area contributed by atoms with Crippen LogP contribution in [0.3, 0.4) is 0 Å². The van der Waals surface area contributed by atoms with Gasteiger partial charge in [-0.2, -0.15) is 13.2 Å². The summed E-state index contributed by atoms with van der Waals surface area (Å²) in [6, 6.07) is 5.54. The predicted octanol–water partition coefficient (Wildman–Crippen LogP) is 3.43. The summed E-state index contributed by atoms with van der Waals surface area (Å²) in [5.74, 6) is -2.96. The average molecular weight is 433 g/mol. The predicted molar refractivity (Wildman–Crippen MR) is 98.6 cm³/mol. The van der Waals surface area contributed by atoms with E-state index in [4.69, 9.17) is 0 Å². The lowest BCUT2D eigenvalue weighted by molar-refractivity contribution is -0.139. The van der Waals surface area contributed by atoms with Gasteiger partial charge in [-0.3, -0.25) is 14.3 Å². The van der Waals surface area contributed by atoms with Crippen LogP contribution in [0.15, 0.2) is 36.4 Å². The molecule has 0 spiro atoms. The molecule has 3 N–H and O–H groups in total. The van der Waals surface area contributed by atoms with Gasteiger partial charge in [0, 0.05) is 18.3 Å². The molecule has 2 amide bonds. The van der Waals surface area contributed by atoms with E-state index in [1.807, 2.05) is 0 Å². The standard InChI is InChI=1S/C17H15F4N3O4S/c1-9(25)22-10-4-6-15(24-29(2,27)28)12(7-10)16(26)23-11-3-5-14(18)13(8-11)17(19,20)21/h3-8,24H,1-2H3,(H,22,25)(H,23,26). The van der Waals surface area contributed by atoms with Crippen LogP contribution in [0.4, 0.5) is 34.6 Å². The van der Waals surface area contributed by atoms with Gasteiger partial charge in [0.05, 0.1) is 23.1 Å². The number of hydrogen-bond acceptors (Lipinski definition) is 4. The van der Waals surface area contributed by atoms with E-state index in [0.717, 1.165) is 18.4 Å². The molecule has 0 atom stereocenters. The molecule has 0 bridgehead atoms. The molecule has 7 nitrogen and oxygen atoms in total. The molecule has 156 valence electrons. The minimum absolute atomic E-state index is 0.150. The summed E-state index contributed by atoms with van der Waals surface area (Å²) in [5.41, 5.74) is -2.23. The molecule has 0 fully saturated rings. The number of benzene rings is 2. The maximum atomic E-state index is 13.4. The van der Waals surface area contributed by atoms with Crippen LogP contribution in [0.25, 0.3) is 0 Å². The molecule has 2 rings (SSSR count). The van der Waals surface area contributed by atoms with Gasteiger partial charge in [-0.1, -0.05) is 0 Å². The van der Waals surface area contributed by atoms with Crippen molar-refractivity contribution in [3.63, 3.8) is 0 Å². The second kappa shape index (κ2) is 8.07. The fourth-order valence-electron chi connectivity index (χ4n) is 2.32. The smallest absolute Gasteiger partial charge is 0.326 e. The van der Waals surface area contributed by atoms with Gasteiger partial charge in [0.1, 0.15) is 5.82 Å². The number of sulfonamides is 1. The fourth-order valence-corrected chi connectivity index (χ4v) is 2.90. The number of rotatable bonds is 5. The molecule has 0 aliphatic carbocycles. The summed E-state index contributed by atoms with van der Waals surface area (Å²) in [4.78, 5) is 23.8. The molecule has 29 heavy (non-hydrogen) atoms. The summed E-state index contributed by atoms with van der Waals surface area (Å²) in [6.45, 7) is 1.21. The second-order valence-electron chi connectivity index (χ2n) is 5.96. The highest BCUT2D eigenvalue weighted by molar-refractivity contribution is 7.92. The van der Waals surface area contributed by atoms with Crippen LogP contribution in [-0.2, 0) is 21.0 Å². The van der Waals surface area contributed by atoms with Crippen LogP contribution in [0, 0.1) is 5.82 Å². The number of nitrogens with one attached hydrogen (secondary N) is 3. The Morgan fingerprint density at radius 1 is 0.966 bits per heavy atom. The van der Waals surface area contributed by atoms with Crippen molar-refractivity contribution in [3.8, 4) is 0 Å². The summed E-state index contributed by atoms with van der Waals surface area (Å²) >= 11 is 0. The van der Waals surface area contributed by atoms with E-state index in [0.29, 0.717) is 12.1 Å². The number of amides is 2. The first-order valence-electron chi connectivity index (χ1n) is 7.84. The van der Waals surface area contributed by atoms with E-state index in [1.165, 1.54) is 19.1 Å². The molecule has 0 radical (unpaired) electrons. The molecular weight excluding hydrogens is 418 g/mol. The van der Waals surface area contributed by atoms with Crippen molar-refractivity contribution < 1.29 is 35.6 Å². The third-order valence-corrected chi connectivity index (χ3v) is 4.00. The number of carbonyl (C=O) groups excluding carboxylic acids is 2. The minimum Gasteiger partial charge on any atom is -0.326 e. The molecule has 0 aliphatic heterocycles. The van der Waals surface area contributed by atoms with Crippen molar-refractivity contribution in [2.24, 2.45) is 0 Å². The van der Waals surface area contributed by atoms with Gasteiger partial charge in [-0.25, -0.2) is 12.8 Å². The van der Waals surface area contributed by atoms with Crippen molar-refractivity contribution in [1.29, 1.82) is 0 Å². The largest absolute Gasteiger partial charge is 0.419 e. The van der Waals surface area contributed by atoms with E-state index in [1.54, 1.807) is 0 Å². The molecule has 0 saturated carbocycles. The van der Waals surface area contributed by atoms with Gasteiger partial charge in [0.15, 0.2) is 0 Å². The quantitative estimate of drug-likeness (QED) is 0.629. The van der Waals surface area contributed by atoms with E-state index in [9.17, 15) is 35.6 Å². The zero-order valence-corrected chi connectivity index (χ0v) is 15.8. The van der Waals surface area contributed by atoms with Gasteiger partial charge in [0.25, 0.3) is 5.91 Å². The number of hydrogen-bond donors (Lipinski definition) is 3. The van der Waals surface area contributed by atoms with Gasteiger partial charge in [-0.05, 0) is 36.4 Å². The van der Waals surface area contributed by atoms with Crippen molar-refractivity contribution in [2.45, 2.75) is 13.1 Å². The molecule has 2 aromatic rings. The van der Waals surface area contributed by atoms with Crippen molar-refractivity contribution >= 4 is 38.9 Å². The molecule has 0 aliphatic rings. The molecule has 0 saturated heterocycles. The normalized spacial score (nSPS) is 11.7. The van der Waals surface area contributed by atoms with Crippen molar-refractivity contribution in [3.05, 3.63) is 53.3 Å². The summed E-state index contributed by atoms with van der Waals surface area (Å²) in [7, 11) is -3.79. The molecule has 0 aromatic heterocycles. The maximum Gasteiger partial charge on any atom is 0.419 e. The molecule has 12 heteroatoms. The highest BCUT2D eigenvalue weighted by Gasteiger charge is 2.34. The van der Waals surface area contributed by atoms with E-state index in [2.05, 4.69) is 15.4 Å². The molecular formula is C17H15F4N3O4S. The van der Waals surface area contributed by atoms with Gasteiger partial charge in [-0.15, -0.1) is 0 Å². The average Bonchev–Trinajstić information content (AvgIpc) is 2.55. The number of anilines is 3. The minimum atomic E-state index is -4.97. The number of alkyl halides is 3. The Kier molecular flexibility index (Phi) is 6.16. The third kappa shape index (κ3) is 6.17. The Morgan fingerprint density at radius 3 is 2.10 bits per heavy atom. The Hall–Kier alpha value is -3.15. The zero-order chi connectivity index (χ0) is 22.0. The van der Waals surface area contributed by atoms with Crippen LogP contribution < -0.4 is 15.4 Å². The first-order valence-corrected chi connectivity index (χ1v) is 9.73. The van der Waals surface area contributed by atoms with Gasteiger partial charge in [0.2, 0.25) is 15.9 Å². The zero-order valence-electron chi connectivity index (χ0n) is 15.0. The van der Waals surface area contributed by atoms with Crippen molar-refractivity contribution in [1.82, 2.24) is 0 Å². The summed E-state index contributed by atoms with van der Waals surface area (Å²) in [6.07, 6.45) is -4.13. The second-order valence-corrected chi connectivity index (χ2v) is 7.71. The lowest BCUT2D eigenvalue weighted by Crippen LogP contribution is -2.19. The van der Waals surface area contributed by atoms with Crippen molar-refractivity contribution in [2.75, 3.05) is 21.6 Å². The van der Waals surface area contributed by atoms with E-state index < -0.39 is 39.4 Å². The fraction of sp³-hybridized carbons (Fsp3) is 0.176. The first kappa shape index (κ1) is 22.1. The Bertz CT molecular complexity index is 1070. The lowest BCUT2D eigenvalue weighted by Gasteiger charge is -2.14. The topological polar surface area (TPSA) is 104 Å². The summed E-state index contributed by atoms with van der Waals surface area (Å²) < 4.78 is 77.1. The third-order valence-electron chi connectivity index (χ3n) is 3.41. The molecule has 0 unspecified atom stereocenters. The summed E-state index contributed by atoms with van der Waals surface area (Å²) in [5, 5.41) is 4.55. The molecule has 2 aromatic carbocycles. The monoisotopic (exact) mass is 433 g/mol. The van der Waals surface area contributed by atoms with Gasteiger partial charge >= 0.3 is 6.18 Å². The SMILES string of the molecule is CC(=O)Nc1ccc(NS(C)(=O)=O)c(C(=O)Nc2ccc(F)c(C(F)(F)F)c2)c1. The number of carbonyl (C=O) groups is 2. The Balaban J connectivity index is 2.44. The van der Waals surface area contributed by atoms with Crippen LogP contribution >= 0.6 is 0 Å². The lowest BCUT2D eigenvalue weighted by atomic mass is 10.1. The van der Waals surface area contributed by atoms with E-state index >= 15 is 0 Å². The number of halogens is 4. The van der Waals surface area contributed by atoms with Crippen LogP contribution in [0.5, 0.6) is 0 Å². The van der Waals surface area contributed by atoms with Crippen LogP contribution in [0.2, 0.25) is 0 Å². The van der Waals surface area contributed by atoms with Gasteiger partial charge < -0.3 is 10.6 Å². The highest BCUT2D eigenvalue weighted by atomic mass is 32.2.